The quantitative estimate of drug-likeness (QED) is 0.726. The lowest BCUT2D eigenvalue weighted by Gasteiger charge is -2.09. The lowest BCUT2D eigenvalue weighted by atomic mass is 10.2. The van der Waals surface area contributed by atoms with Gasteiger partial charge in [-0.25, -0.2) is 4.39 Å². The maximum atomic E-state index is 12.9. The molecule has 2 aromatic rings. The van der Waals surface area contributed by atoms with Gasteiger partial charge in [0.25, 0.3) is 0 Å². The van der Waals surface area contributed by atoms with Gasteiger partial charge in [0.2, 0.25) is 0 Å². The third-order valence-electron chi connectivity index (χ3n) is 2.26. The molecular weight excluding hydrogens is 262 g/mol. The van der Waals surface area contributed by atoms with Crippen molar-refractivity contribution in [2.24, 2.45) is 0 Å². The Morgan fingerprint density at radius 1 is 1.00 bits per heavy atom. The van der Waals surface area contributed by atoms with Crippen LogP contribution < -0.4 is 4.74 Å². The zero-order valence-corrected chi connectivity index (χ0v) is 10.5. The molecule has 0 N–H and O–H groups in total. The molecule has 0 fully saturated rings. The second-order valence-electron chi connectivity index (χ2n) is 3.59. The number of ether oxygens (including phenoxy) is 1. The number of hydrogen-bond acceptors (Lipinski definition) is 1. The van der Waals surface area contributed by atoms with E-state index >= 15 is 0 Å². The molecule has 0 aliphatic rings. The fourth-order valence-corrected chi connectivity index (χ4v) is 1.68. The number of halogens is 3. The van der Waals surface area contributed by atoms with Gasteiger partial charge in [0.1, 0.15) is 17.3 Å². The van der Waals surface area contributed by atoms with Gasteiger partial charge < -0.3 is 4.74 Å². The molecule has 0 aliphatic heterocycles. The fraction of sp³-hybridized carbons (Fsp3) is 0.0769. The van der Waals surface area contributed by atoms with E-state index < -0.39 is 0 Å². The first-order valence-corrected chi connectivity index (χ1v) is 5.71. The summed E-state index contributed by atoms with van der Waals surface area (Å²) in [5.74, 6) is 0.864. The topological polar surface area (TPSA) is 9.23 Å². The first kappa shape index (κ1) is 12.2. The maximum Gasteiger partial charge on any atom is 0.130 e. The van der Waals surface area contributed by atoms with E-state index in [1.807, 2.05) is 0 Å². The molecule has 0 unspecified atom stereocenters. The highest BCUT2D eigenvalue weighted by atomic mass is 35.5. The van der Waals surface area contributed by atoms with Crippen molar-refractivity contribution >= 4 is 23.2 Å². The summed E-state index contributed by atoms with van der Waals surface area (Å²) in [5, 5.41) is 0.888. The van der Waals surface area contributed by atoms with Crippen LogP contribution in [0.5, 0.6) is 11.5 Å². The summed E-state index contributed by atoms with van der Waals surface area (Å²) in [5.41, 5.74) is 0.719. The second kappa shape index (κ2) is 4.94. The van der Waals surface area contributed by atoms with Crippen LogP contribution in [-0.2, 0) is 0 Å². The molecule has 1 nitrogen and oxygen atoms in total. The van der Waals surface area contributed by atoms with E-state index in [2.05, 4.69) is 0 Å². The highest BCUT2D eigenvalue weighted by molar-refractivity contribution is 6.42. The lowest BCUT2D eigenvalue weighted by molar-refractivity contribution is 0.476. The van der Waals surface area contributed by atoms with Crippen LogP contribution in [0.15, 0.2) is 36.4 Å². The largest absolute Gasteiger partial charge is 0.457 e. The molecule has 88 valence electrons. The molecule has 0 saturated heterocycles. The van der Waals surface area contributed by atoms with Crippen LogP contribution in [0.3, 0.4) is 0 Å². The van der Waals surface area contributed by atoms with Crippen molar-refractivity contribution in [3.8, 4) is 11.5 Å². The van der Waals surface area contributed by atoms with Crippen LogP contribution in [0.1, 0.15) is 5.56 Å². The van der Waals surface area contributed by atoms with Crippen LogP contribution in [0.4, 0.5) is 4.39 Å². The average molecular weight is 271 g/mol. The third kappa shape index (κ3) is 2.90. The van der Waals surface area contributed by atoms with Crippen LogP contribution >= 0.6 is 23.2 Å². The van der Waals surface area contributed by atoms with Gasteiger partial charge in [0, 0.05) is 6.07 Å². The van der Waals surface area contributed by atoms with Crippen molar-refractivity contribution in [2.45, 2.75) is 6.92 Å². The molecular formula is C13H9Cl2FO. The monoisotopic (exact) mass is 270 g/mol. The standard InChI is InChI=1S/C13H9Cl2FO/c1-8-6-9(16)2-5-13(8)17-10-3-4-11(14)12(15)7-10/h2-7H,1H3. The molecule has 2 aromatic carbocycles. The predicted octanol–water partition coefficient (Wildman–Crippen LogP) is 5.23. The Hall–Kier alpha value is -1.25. The highest BCUT2D eigenvalue weighted by Crippen LogP contribution is 2.30. The van der Waals surface area contributed by atoms with E-state index in [4.69, 9.17) is 27.9 Å². The van der Waals surface area contributed by atoms with E-state index in [0.717, 1.165) is 5.56 Å². The van der Waals surface area contributed by atoms with E-state index in [0.29, 0.717) is 21.5 Å². The Morgan fingerprint density at radius 3 is 2.41 bits per heavy atom. The summed E-state index contributed by atoms with van der Waals surface area (Å²) in [6.45, 7) is 1.77. The average Bonchev–Trinajstić information content (AvgIpc) is 2.27. The molecule has 0 aliphatic carbocycles. The van der Waals surface area contributed by atoms with Crippen molar-refractivity contribution in [3.63, 3.8) is 0 Å². The second-order valence-corrected chi connectivity index (χ2v) is 4.40. The summed E-state index contributed by atoms with van der Waals surface area (Å²) in [6, 6.07) is 9.31. The minimum absolute atomic E-state index is 0.288. The van der Waals surface area contributed by atoms with Crippen LogP contribution in [0, 0.1) is 12.7 Å². The Kier molecular flexibility index (Phi) is 3.55. The van der Waals surface area contributed by atoms with Gasteiger partial charge in [-0.2, -0.15) is 0 Å². The Balaban J connectivity index is 2.28. The SMILES string of the molecule is Cc1cc(F)ccc1Oc1ccc(Cl)c(Cl)c1. The van der Waals surface area contributed by atoms with Gasteiger partial charge in [-0.15, -0.1) is 0 Å². The highest BCUT2D eigenvalue weighted by Gasteiger charge is 2.05. The smallest absolute Gasteiger partial charge is 0.130 e. The molecule has 2 rings (SSSR count). The molecule has 0 amide bonds. The molecule has 0 heterocycles. The van der Waals surface area contributed by atoms with Crippen molar-refractivity contribution in [1.82, 2.24) is 0 Å². The van der Waals surface area contributed by atoms with Gasteiger partial charge in [0.15, 0.2) is 0 Å². The summed E-state index contributed by atoms with van der Waals surface area (Å²) >= 11 is 11.7. The molecule has 0 aromatic heterocycles. The molecule has 0 saturated carbocycles. The lowest BCUT2D eigenvalue weighted by Crippen LogP contribution is -1.88. The number of hydrogen-bond donors (Lipinski definition) is 0. The van der Waals surface area contributed by atoms with Crippen molar-refractivity contribution < 1.29 is 9.13 Å². The van der Waals surface area contributed by atoms with E-state index in [1.54, 1.807) is 31.2 Å². The first-order chi connectivity index (χ1) is 8.06. The van der Waals surface area contributed by atoms with E-state index in [9.17, 15) is 4.39 Å². The zero-order valence-electron chi connectivity index (χ0n) is 9.01. The molecule has 17 heavy (non-hydrogen) atoms. The fourth-order valence-electron chi connectivity index (χ4n) is 1.39. The normalized spacial score (nSPS) is 10.4. The number of benzene rings is 2. The van der Waals surface area contributed by atoms with Crippen LogP contribution in [-0.4, -0.2) is 0 Å². The van der Waals surface area contributed by atoms with Gasteiger partial charge in [0.05, 0.1) is 10.0 Å². The third-order valence-corrected chi connectivity index (χ3v) is 2.99. The zero-order chi connectivity index (χ0) is 12.4. The van der Waals surface area contributed by atoms with Crippen LogP contribution in [0.2, 0.25) is 10.0 Å². The van der Waals surface area contributed by atoms with Crippen molar-refractivity contribution in [3.05, 3.63) is 57.8 Å². The van der Waals surface area contributed by atoms with Crippen molar-refractivity contribution in [2.75, 3.05) is 0 Å². The number of rotatable bonds is 2. The van der Waals surface area contributed by atoms with Crippen LogP contribution in [0.25, 0.3) is 0 Å². The molecule has 0 radical (unpaired) electrons. The van der Waals surface area contributed by atoms with Crippen molar-refractivity contribution in [1.29, 1.82) is 0 Å². The van der Waals surface area contributed by atoms with Gasteiger partial charge in [-0.3, -0.25) is 0 Å². The number of aryl methyl sites for hydroxylation is 1. The molecule has 0 spiro atoms. The minimum atomic E-state index is -0.288. The van der Waals surface area contributed by atoms with Gasteiger partial charge in [-0.05, 0) is 42.8 Å². The molecule has 0 bridgehead atoms. The van der Waals surface area contributed by atoms with Gasteiger partial charge >= 0.3 is 0 Å². The predicted molar refractivity (Wildman–Crippen MR) is 67.7 cm³/mol. The molecule has 4 heteroatoms. The van der Waals surface area contributed by atoms with E-state index in [-0.39, 0.29) is 5.82 Å². The summed E-state index contributed by atoms with van der Waals surface area (Å²) in [4.78, 5) is 0. The maximum absolute atomic E-state index is 12.9. The summed E-state index contributed by atoms with van der Waals surface area (Å²) in [6.07, 6.45) is 0. The Labute approximate surface area is 109 Å². The minimum Gasteiger partial charge on any atom is -0.457 e. The summed E-state index contributed by atoms with van der Waals surface area (Å²) in [7, 11) is 0. The van der Waals surface area contributed by atoms with Gasteiger partial charge in [-0.1, -0.05) is 23.2 Å². The molecule has 0 atom stereocenters. The Bertz CT molecular complexity index is 555. The Morgan fingerprint density at radius 2 is 1.76 bits per heavy atom. The summed E-state index contributed by atoms with van der Waals surface area (Å²) < 4.78 is 18.5. The van der Waals surface area contributed by atoms with E-state index in [1.165, 1.54) is 12.1 Å². The first-order valence-electron chi connectivity index (χ1n) is 4.95.